The van der Waals surface area contributed by atoms with Crippen molar-refractivity contribution in [1.82, 2.24) is 4.98 Å². The van der Waals surface area contributed by atoms with Crippen LogP contribution in [0.3, 0.4) is 0 Å². The van der Waals surface area contributed by atoms with Crippen LogP contribution in [0.4, 0.5) is 5.13 Å². The van der Waals surface area contributed by atoms with Crippen LogP contribution in [-0.4, -0.2) is 31.3 Å². The average Bonchev–Trinajstić information content (AvgIpc) is 3.10. The Morgan fingerprint density at radius 3 is 2.69 bits per heavy atom. The molecule has 0 radical (unpaired) electrons. The molecule has 0 aliphatic carbocycles. The molecule has 7 nitrogen and oxygen atoms in total. The van der Waals surface area contributed by atoms with Crippen LogP contribution in [0.1, 0.15) is 5.56 Å². The minimum absolute atomic E-state index is 0.0602. The minimum Gasteiger partial charge on any atom is -0.495 e. The monoisotopic (exact) mass is 389 g/mol. The normalized spacial score (nSPS) is 11.6. The van der Waals surface area contributed by atoms with Crippen LogP contribution >= 0.6 is 11.3 Å². The van der Waals surface area contributed by atoms with E-state index in [1.165, 1.54) is 36.8 Å². The van der Waals surface area contributed by atoms with Crippen molar-refractivity contribution in [3.05, 3.63) is 59.5 Å². The van der Waals surface area contributed by atoms with Gasteiger partial charge in [0, 0.05) is 10.9 Å². The van der Waals surface area contributed by atoms with Gasteiger partial charge in [-0.05, 0) is 23.8 Å². The van der Waals surface area contributed by atoms with Gasteiger partial charge in [-0.2, -0.15) is 13.5 Å². The maximum absolute atomic E-state index is 11.4. The summed E-state index contributed by atoms with van der Waals surface area (Å²) in [4.78, 5) is 4.12. The highest BCUT2D eigenvalue weighted by Crippen LogP contribution is 2.25. The summed E-state index contributed by atoms with van der Waals surface area (Å²) in [7, 11) is -3.06. The molecule has 3 aromatic rings. The van der Waals surface area contributed by atoms with Gasteiger partial charge in [-0.3, -0.25) is 9.98 Å². The molecule has 0 atom stereocenters. The van der Waals surface area contributed by atoms with Crippen molar-refractivity contribution in [3.8, 4) is 17.0 Å². The smallest absolute Gasteiger partial charge is 0.298 e. The standard InChI is InChI=1S/C17H15N3O4S2/c1-24-15-8-7-12(9-16(15)26(21,22)23)10-18-20-17-19-14(11-25-17)13-5-3-2-4-6-13/h2-11H,1H3,(H,19,20)(H,21,22,23). The number of nitrogens with zero attached hydrogens (tertiary/aromatic N) is 2. The number of hydrogen-bond acceptors (Lipinski definition) is 7. The second-order valence-electron chi connectivity index (χ2n) is 5.16. The third kappa shape index (κ3) is 4.26. The fourth-order valence-corrected chi connectivity index (χ4v) is 3.56. The van der Waals surface area contributed by atoms with Crippen LogP contribution < -0.4 is 10.2 Å². The van der Waals surface area contributed by atoms with Gasteiger partial charge in [0.05, 0.1) is 19.0 Å². The van der Waals surface area contributed by atoms with Gasteiger partial charge in [0.25, 0.3) is 10.1 Å². The van der Waals surface area contributed by atoms with Crippen LogP contribution in [0.25, 0.3) is 11.3 Å². The van der Waals surface area contributed by atoms with Crippen LogP contribution in [0.5, 0.6) is 5.75 Å². The lowest BCUT2D eigenvalue weighted by molar-refractivity contribution is 0.397. The van der Waals surface area contributed by atoms with Crippen LogP contribution in [0, 0.1) is 0 Å². The summed E-state index contributed by atoms with van der Waals surface area (Å²) in [5.74, 6) is 0.0602. The molecule has 3 rings (SSSR count). The first-order chi connectivity index (χ1) is 12.5. The topological polar surface area (TPSA) is 101 Å². The quantitative estimate of drug-likeness (QED) is 0.380. The summed E-state index contributed by atoms with van der Waals surface area (Å²) in [5.41, 5.74) is 5.13. The van der Waals surface area contributed by atoms with E-state index >= 15 is 0 Å². The van der Waals surface area contributed by atoms with Gasteiger partial charge in [-0.1, -0.05) is 30.3 Å². The largest absolute Gasteiger partial charge is 0.495 e. The minimum atomic E-state index is -4.39. The van der Waals surface area contributed by atoms with Crippen molar-refractivity contribution in [2.24, 2.45) is 5.10 Å². The van der Waals surface area contributed by atoms with Crippen molar-refractivity contribution in [2.75, 3.05) is 12.5 Å². The van der Waals surface area contributed by atoms with E-state index in [0.29, 0.717) is 10.7 Å². The number of ether oxygens (including phenoxy) is 1. The Kier molecular flexibility index (Phi) is 5.31. The molecule has 0 fully saturated rings. The zero-order valence-electron chi connectivity index (χ0n) is 13.7. The number of hydrogen-bond donors (Lipinski definition) is 2. The van der Waals surface area contributed by atoms with E-state index in [4.69, 9.17) is 4.74 Å². The maximum Gasteiger partial charge on any atom is 0.298 e. The summed E-state index contributed by atoms with van der Waals surface area (Å²) >= 11 is 1.40. The predicted molar refractivity (Wildman–Crippen MR) is 102 cm³/mol. The summed E-state index contributed by atoms with van der Waals surface area (Å²) < 4.78 is 37.0. The van der Waals surface area contributed by atoms with E-state index in [0.717, 1.165) is 11.3 Å². The fraction of sp³-hybridized carbons (Fsp3) is 0.0588. The highest BCUT2D eigenvalue weighted by Gasteiger charge is 2.16. The lowest BCUT2D eigenvalue weighted by Gasteiger charge is -2.06. The van der Waals surface area contributed by atoms with Gasteiger partial charge in [-0.15, -0.1) is 11.3 Å². The fourth-order valence-electron chi connectivity index (χ4n) is 2.20. The number of nitrogens with one attached hydrogen (secondary N) is 1. The second kappa shape index (κ2) is 7.65. The molecular weight excluding hydrogens is 374 g/mol. The summed E-state index contributed by atoms with van der Waals surface area (Å²) in [6.45, 7) is 0. The molecule has 0 bridgehead atoms. The zero-order valence-corrected chi connectivity index (χ0v) is 15.3. The molecule has 134 valence electrons. The van der Waals surface area contributed by atoms with E-state index in [-0.39, 0.29) is 10.6 Å². The maximum atomic E-state index is 11.4. The summed E-state index contributed by atoms with van der Waals surface area (Å²) in [6.07, 6.45) is 1.43. The Labute approximate surface area is 154 Å². The molecule has 0 aliphatic heterocycles. The molecule has 0 spiro atoms. The number of methoxy groups -OCH3 is 1. The first-order valence-corrected chi connectivity index (χ1v) is 9.75. The van der Waals surface area contributed by atoms with Gasteiger partial charge in [0.2, 0.25) is 5.13 Å². The Hall–Kier alpha value is -2.75. The Balaban J connectivity index is 1.74. The highest BCUT2D eigenvalue weighted by molar-refractivity contribution is 7.86. The molecule has 26 heavy (non-hydrogen) atoms. The number of benzene rings is 2. The molecule has 2 aromatic carbocycles. The average molecular weight is 389 g/mol. The van der Waals surface area contributed by atoms with E-state index in [2.05, 4.69) is 15.5 Å². The summed E-state index contributed by atoms with van der Waals surface area (Å²) in [6, 6.07) is 14.1. The van der Waals surface area contributed by atoms with Crippen LogP contribution in [0.15, 0.2) is 63.9 Å². The van der Waals surface area contributed by atoms with Crippen LogP contribution in [-0.2, 0) is 10.1 Å². The number of anilines is 1. The second-order valence-corrected chi connectivity index (χ2v) is 7.41. The Morgan fingerprint density at radius 2 is 2.00 bits per heavy atom. The molecule has 0 aliphatic rings. The lowest BCUT2D eigenvalue weighted by Crippen LogP contribution is -2.02. The van der Waals surface area contributed by atoms with Gasteiger partial charge in [0.15, 0.2) is 0 Å². The van der Waals surface area contributed by atoms with Gasteiger partial charge < -0.3 is 4.74 Å². The van der Waals surface area contributed by atoms with Crippen molar-refractivity contribution in [3.63, 3.8) is 0 Å². The third-order valence-electron chi connectivity index (χ3n) is 3.41. The van der Waals surface area contributed by atoms with Gasteiger partial charge in [0.1, 0.15) is 10.6 Å². The molecule has 9 heteroatoms. The van der Waals surface area contributed by atoms with Crippen molar-refractivity contribution < 1.29 is 17.7 Å². The van der Waals surface area contributed by atoms with E-state index < -0.39 is 10.1 Å². The van der Waals surface area contributed by atoms with Crippen molar-refractivity contribution in [2.45, 2.75) is 4.90 Å². The van der Waals surface area contributed by atoms with Gasteiger partial charge in [-0.25, -0.2) is 4.98 Å². The summed E-state index contributed by atoms with van der Waals surface area (Å²) in [5, 5.41) is 6.57. The van der Waals surface area contributed by atoms with Crippen molar-refractivity contribution >= 4 is 32.8 Å². The molecule has 1 aromatic heterocycles. The van der Waals surface area contributed by atoms with E-state index in [1.54, 1.807) is 6.07 Å². The molecule has 1 heterocycles. The SMILES string of the molecule is COc1ccc(C=NNc2nc(-c3ccccc3)cs2)cc1S(=O)(=O)O. The number of thiazole rings is 1. The molecule has 0 unspecified atom stereocenters. The van der Waals surface area contributed by atoms with Crippen LogP contribution in [0.2, 0.25) is 0 Å². The Morgan fingerprint density at radius 1 is 1.23 bits per heavy atom. The highest BCUT2D eigenvalue weighted by atomic mass is 32.2. The Bertz CT molecular complexity index is 1030. The number of rotatable bonds is 6. The van der Waals surface area contributed by atoms with Crippen molar-refractivity contribution in [1.29, 1.82) is 0 Å². The third-order valence-corrected chi connectivity index (χ3v) is 5.03. The molecular formula is C17H15N3O4S2. The van der Waals surface area contributed by atoms with E-state index in [1.807, 2.05) is 35.7 Å². The zero-order chi connectivity index (χ0) is 18.6. The molecule has 2 N–H and O–H groups in total. The molecule has 0 saturated carbocycles. The molecule has 0 amide bonds. The first kappa shape index (κ1) is 18.1. The van der Waals surface area contributed by atoms with E-state index in [9.17, 15) is 13.0 Å². The van der Waals surface area contributed by atoms with Gasteiger partial charge >= 0.3 is 0 Å². The number of aromatic nitrogens is 1. The lowest BCUT2D eigenvalue weighted by atomic mass is 10.2. The predicted octanol–water partition coefficient (Wildman–Crippen LogP) is 3.51. The number of hydrazone groups is 1. The molecule has 0 saturated heterocycles. The first-order valence-electron chi connectivity index (χ1n) is 7.43.